The Hall–Kier alpha value is -3.66. The van der Waals surface area contributed by atoms with Gasteiger partial charge in [0.25, 0.3) is 5.91 Å². The van der Waals surface area contributed by atoms with Gasteiger partial charge in [0.15, 0.2) is 0 Å². The molecular weight excluding hydrogens is 474 g/mol. The number of nitrogens with one attached hydrogen (secondary N) is 1. The van der Waals surface area contributed by atoms with E-state index in [1.165, 1.54) is 18.4 Å². The highest BCUT2D eigenvalue weighted by Crippen LogP contribution is 2.40. The van der Waals surface area contributed by atoms with Crippen LogP contribution in [-0.2, 0) is 11.8 Å². The van der Waals surface area contributed by atoms with Gasteiger partial charge in [-0.25, -0.2) is 4.98 Å². The maximum atomic E-state index is 13.4. The standard InChI is InChI=1S/C31H37N5O2.H2/c1-19(2)24-9-6-10-25(24)31(38)36-13-11-22(12-14-36)26-18-35(4)29-28(26)20(3)27(17-33-29)34-30(37)23-8-5-7-21(15-23)16-32;/h5,7-8,15,17-19,22,24-25H,6,9-14H2,1-4H3,(H,34,37);1H/t24-,25+;/m0./s1. The molecule has 2 fully saturated rings. The van der Waals surface area contributed by atoms with E-state index in [1.807, 2.05) is 14.0 Å². The maximum Gasteiger partial charge on any atom is 0.255 e. The zero-order valence-corrected chi connectivity index (χ0v) is 22.8. The van der Waals surface area contributed by atoms with E-state index in [1.54, 1.807) is 30.5 Å². The molecule has 3 aromatic rings. The topological polar surface area (TPSA) is 91.0 Å². The number of piperidine rings is 1. The van der Waals surface area contributed by atoms with Crippen LogP contribution in [0.2, 0.25) is 0 Å². The second-order valence-corrected chi connectivity index (χ2v) is 11.4. The van der Waals surface area contributed by atoms with Gasteiger partial charge in [0, 0.05) is 44.6 Å². The molecule has 5 rings (SSSR count). The van der Waals surface area contributed by atoms with E-state index in [-0.39, 0.29) is 13.3 Å². The van der Waals surface area contributed by atoms with Crippen LogP contribution in [0.3, 0.4) is 0 Å². The number of aromatic nitrogens is 2. The molecule has 2 atom stereocenters. The predicted octanol–water partition coefficient (Wildman–Crippen LogP) is 6.03. The van der Waals surface area contributed by atoms with Crippen molar-refractivity contribution in [2.45, 2.75) is 58.8 Å². The lowest BCUT2D eigenvalue weighted by Crippen LogP contribution is -2.42. The average Bonchev–Trinajstić information content (AvgIpc) is 3.55. The summed E-state index contributed by atoms with van der Waals surface area (Å²) >= 11 is 0. The monoisotopic (exact) mass is 513 g/mol. The molecule has 2 aliphatic rings. The van der Waals surface area contributed by atoms with Gasteiger partial charge in [0.2, 0.25) is 5.91 Å². The Labute approximate surface area is 226 Å². The number of anilines is 1. The summed E-state index contributed by atoms with van der Waals surface area (Å²) in [6, 6.07) is 8.77. The van der Waals surface area contributed by atoms with Crippen molar-refractivity contribution in [1.82, 2.24) is 14.5 Å². The molecule has 1 aliphatic carbocycles. The Morgan fingerprint density at radius 1 is 1.18 bits per heavy atom. The third-order valence-corrected chi connectivity index (χ3v) is 8.77. The first kappa shape index (κ1) is 26.0. The minimum absolute atomic E-state index is 0. The summed E-state index contributed by atoms with van der Waals surface area (Å²) in [6.07, 6.45) is 9.12. The van der Waals surface area contributed by atoms with Crippen molar-refractivity contribution in [1.29, 1.82) is 5.26 Å². The molecule has 1 N–H and O–H groups in total. The Balaban J connectivity index is 0.00000353. The maximum absolute atomic E-state index is 13.4. The number of pyridine rings is 1. The number of fused-ring (bicyclic) bond motifs is 1. The molecular formula is C31H39N5O2. The fourth-order valence-electron chi connectivity index (χ4n) is 6.64. The number of likely N-dealkylation sites (tertiary alicyclic amines) is 1. The largest absolute Gasteiger partial charge is 0.342 e. The molecule has 7 heteroatoms. The Morgan fingerprint density at radius 3 is 2.66 bits per heavy atom. The number of rotatable bonds is 5. The van der Waals surface area contributed by atoms with Gasteiger partial charge in [-0.05, 0) is 79.7 Å². The Morgan fingerprint density at radius 2 is 1.95 bits per heavy atom. The highest BCUT2D eigenvalue weighted by molar-refractivity contribution is 6.06. The number of nitriles is 1. The molecule has 2 amide bonds. The minimum atomic E-state index is -0.262. The molecule has 1 saturated carbocycles. The molecule has 3 heterocycles. The van der Waals surface area contributed by atoms with E-state index in [9.17, 15) is 14.9 Å². The highest BCUT2D eigenvalue weighted by atomic mass is 16.2. The minimum Gasteiger partial charge on any atom is -0.342 e. The van der Waals surface area contributed by atoms with Gasteiger partial charge < -0.3 is 14.8 Å². The summed E-state index contributed by atoms with van der Waals surface area (Å²) in [4.78, 5) is 33.1. The van der Waals surface area contributed by atoms with Gasteiger partial charge in [-0.15, -0.1) is 0 Å². The number of carbonyl (C=O) groups excluding carboxylic acids is 2. The Bertz CT molecular complexity index is 1410. The van der Waals surface area contributed by atoms with E-state index in [0.29, 0.717) is 40.5 Å². The van der Waals surface area contributed by atoms with Gasteiger partial charge in [-0.3, -0.25) is 9.59 Å². The number of aryl methyl sites for hydroxylation is 2. The third-order valence-electron chi connectivity index (χ3n) is 8.77. The lowest BCUT2D eigenvalue weighted by molar-refractivity contribution is -0.138. The second kappa shape index (κ2) is 10.6. The molecule has 1 aromatic carbocycles. The van der Waals surface area contributed by atoms with Crippen LogP contribution in [0.1, 0.15) is 80.3 Å². The number of hydrogen-bond donors (Lipinski definition) is 1. The predicted molar refractivity (Wildman–Crippen MR) is 151 cm³/mol. The van der Waals surface area contributed by atoms with E-state index >= 15 is 0 Å². The number of benzene rings is 1. The Kier molecular flexibility index (Phi) is 7.25. The first-order chi connectivity index (χ1) is 18.3. The van der Waals surface area contributed by atoms with Crippen LogP contribution < -0.4 is 5.32 Å². The van der Waals surface area contributed by atoms with Crippen molar-refractivity contribution in [3.63, 3.8) is 0 Å². The van der Waals surface area contributed by atoms with Crippen LogP contribution in [0.15, 0.2) is 36.7 Å². The average molecular weight is 514 g/mol. The third kappa shape index (κ3) is 4.80. The van der Waals surface area contributed by atoms with Crippen LogP contribution in [0.5, 0.6) is 0 Å². The van der Waals surface area contributed by atoms with Gasteiger partial charge in [-0.2, -0.15) is 5.26 Å². The molecule has 7 nitrogen and oxygen atoms in total. The van der Waals surface area contributed by atoms with Crippen molar-refractivity contribution in [2.75, 3.05) is 18.4 Å². The van der Waals surface area contributed by atoms with Crippen LogP contribution in [0.4, 0.5) is 5.69 Å². The van der Waals surface area contributed by atoms with Crippen LogP contribution in [-0.4, -0.2) is 39.4 Å². The zero-order valence-electron chi connectivity index (χ0n) is 22.8. The molecule has 0 bridgehead atoms. The molecule has 38 heavy (non-hydrogen) atoms. The molecule has 200 valence electrons. The van der Waals surface area contributed by atoms with Gasteiger partial charge in [0.1, 0.15) is 5.65 Å². The van der Waals surface area contributed by atoms with Gasteiger partial charge in [-0.1, -0.05) is 26.3 Å². The molecule has 1 saturated heterocycles. The quantitative estimate of drug-likeness (QED) is 0.451. The normalized spacial score (nSPS) is 20.2. The number of hydrogen-bond acceptors (Lipinski definition) is 4. The number of amides is 2. The summed E-state index contributed by atoms with van der Waals surface area (Å²) < 4.78 is 2.06. The fraction of sp³-hybridized carbons (Fsp3) is 0.484. The van der Waals surface area contributed by atoms with Crippen molar-refractivity contribution in [3.05, 3.63) is 58.9 Å². The summed E-state index contributed by atoms with van der Waals surface area (Å²) in [5.74, 6) is 1.70. The van der Waals surface area contributed by atoms with Crippen molar-refractivity contribution >= 4 is 28.5 Å². The van der Waals surface area contributed by atoms with E-state index in [2.05, 4.69) is 45.9 Å². The summed E-state index contributed by atoms with van der Waals surface area (Å²) in [6.45, 7) is 8.11. The summed E-state index contributed by atoms with van der Waals surface area (Å²) in [5.41, 5.74) is 4.68. The smallest absolute Gasteiger partial charge is 0.255 e. The van der Waals surface area contributed by atoms with E-state index < -0.39 is 0 Å². The molecule has 2 aromatic heterocycles. The number of nitrogens with zero attached hydrogens (tertiary/aromatic N) is 4. The van der Waals surface area contributed by atoms with E-state index in [4.69, 9.17) is 0 Å². The lowest BCUT2D eigenvalue weighted by atomic mass is 9.84. The molecule has 0 spiro atoms. The van der Waals surface area contributed by atoms with Crippen LogP contribution >= 0.6 is 0 Å². The first-order valence-corrected chi connectivity index (χ1v) is 13.8. The number of carbonyl (C=O) groups is 2. The summed E-state index contributed by atoms with van der Waals surface area (Å²) in [7, 11) is 2.01. The molecule has 1 aliphatic heterocycles. The zero-order chi connectivity index (χ0) is 27.0. The van der Waals surface area contributed by atoms with Crippen LogP contribution in [0, 0.1) is 36.0 Å². The fourth-order valence-corrected chi connectivity index (χ4v) is 6.64. The lowest BCUT2D eigenvalue weighted by Gasteiger charge is -2.35. The highest BCUT2D eigenvalue weighted by Gasteiger charge is 2.38. The SMILES string of the molecule is Cc1c(NC(=O)c2cccc(C#N)c2)cnc2c1c(C1CCN(C(=O)[C@@H]3CCC[C@H]3C(C)C)CC1)cn2C.[HH]. The van der Waals surface area contributed by atoms with Crippen molar-refractivity contribution in [2.24, 2.45) is 24.8 Å². The molecule has 0 unspecified atom stereocenters. The second-order valence-electron chi connectivity index (χ2n) is 11.4. The van der Waals surface area contributed by atoms with Crippen molar-refractivity contribution in [3.8, 4) is 6.07 Å². The van der Waals surface area contributed by atoms with E-state index in [0.717, 1.165) is 48.9 Å². The van der Waals surface area contributed by atoms with Gasteiger partial charge >= 0.3 is 0 Å². The van der Waals surface area contributed by atoms with Gasteiger partial charge in [0.05, 0.1) is 23.5 Å². The van der Waals surface area contributed by atoms with Crippen LogP contribution in [0.25, 0.3) is 11.0 Å². The first-order valence-electron chi connectivity index (χ1n) is 13.8. The summed E-state index contributed by atoms with van der Waals surface area (Å²) in [5, 5.41) is 13.3. The molecule has 0 radical (unpaired) electrons. The van der Waals surface area contributed by atoms with Crippen molar-refractivity contribution < 1.29 is 11.0 Å².